The fourth-order valence-electron chi connectivity index (χ4n) is 4.32. The Morgan fingerprint density at radius 1 is 1.12 bits per heavy atom. The number of hydrogen-bond donors (Lipinski definition) is 1. The fraction of sp³-hybridized carbons (Fsp3) is 0.684. The van der Waals surface area contributed by atoms with Gasteiger partial charge in [-0.05, 0) is 70.5 Å². The summed E-state index contributed by atoms with van der Waals surface area (Å²) in [5.74, 6) is 1.86. The lowest BCUT2D eigenvalue weighted by Gasteiger charge is -2.33. The quantitative estimate of drug-likeness (QED) is 0.910. The van der Waals surface area contributed by atoms with E-state index < -0.39 is 0 Å². The first-order chi connectivity index (χ1) is 11.6. The molecule has 0 saturated heterocycles. The average Bonchev–Trinajstić information content (AvgIpc) is 2.94. The number of nitrogens with one attached hydrogen (secondary N) is 1. The van der Waals surface area contributed by atoms with Crippen LogP contribution in [0.15, 0.2) is 6.33 Å². The summed E-state index contributed by atoms with van der Waals surface area (Å²) in [5, 5.41) is 5.09. The van der Waals surface area contributed by atoms with E-state index in [9.17, 15) is 0 Å². The molecule has 0 amide bonds. The Bertz CT molecular complexity index is 715. The molecule has 0 radical (unpaired) electrons. The van der Waals surface area contributed by atoms with Crippen LogP contribution in [-0.2, 0) is 12.8 Å². The number of thiophene rings is 1. The third kappa shape index (κ3) is 3.04. The standard InChI is InChI=1S/C19H28N4S/c1-12-4-9-16-15(10-12)17-18(20-11-21-19(17)24-16)22-13-5-7-14(8-6-13)23(2)3/h11-14H,4-10H2,1-3H3,(H,20,21,22). The van der Waals surface area contributed by atoms with E-state index in [1.807, 2.05) is 11.3 Å². The number of rotatable bonds is 3. The summed E-state index contributed by atoms with van der Waals surface area (Å²) in [6.45, 7) is 2.37. The molecule has 2 aromatic heterocycles. The number of fused-ring (bicyclic) bond motifs is 3. The highest BCUT2D eigenvalue weighted by molar-refractivity contribution is 7.19. The van der Waals surface area contributed by atoms with E-state index in [-0.39, 0.29) is 0 Å². The maximum absolute atomic E-state index is 4.63. The van der Waals surface area contributed by atoms with Crippen molar-refractivity contribution in [3.8, 4) is 0 Å². The summed E-state index contributed by atoms with van der Waals surface area (Å²) in [4.78, 5) is 14.3. The minimum atomic E-state index is 0.552. The predicted octanol–water partition coefficient (Wildman–Crippen LogP) is 4.10. The molecule has 1 atom stereocenters. The summed E-state index contributed by atoms with van der Waals surface area (Å²) in [6, 6.07) is 1.29. The second kappa shape index (κ2) is 6.60. The Balaban J connectivity index is 1.58. The zero-order valence-electron chi connectivity index (χ0n) is 15.0. The molecule has 4 nitrogen and oxygen atoms in total. The lowest BCUT2D eigenvalue weighted by atomic mass is 9.88. The smallest absolute Gasteiger partial charge is 0.138 e. The van der Waals surface area contributed by atoms with Crippen LogP contribution in [0.4, 0.5) is 5.82 Å². The highest BCUT2D eigenvalue weighted by atomic mass is 32.1. The number of aryl methyl sites for hydroxylation is 1. The van der Waals surface area contributed by atoms with Crippen LogP contribution in [0.25, 0.3) is 10.2 Å². The SMILES string of the molecule is CC1CCc2sc3ncnc(NC4CCC(N(C)C)CC4)c3c2C1. The Morgan fingerprint density at radius 3 is 2.67 bits per heavy atom. The molecule has 0 aromatic carbocycles. The molecule has 2 heterocycles. The topological polar surface area (TPSA) is 41.1 Å². The lowest BCUT2D eigenvalue weighted by molar-refractivity contribution is 0.221. The first kappa shape index (κ1) is 16.3. The maximum atomic E-state index is 4.63. The van der Waals surface area contributed by atoms with Crippen molar-refractivity contribution >= 4 is 27.4 Å². The molecule has 2 aliphatic carbocycles. The lowest BCUT2D eigenvalue weighted by Crippen LogP contribution is -2.36. The highest BCUT2D eigenvalue weighted by Gasteiger charge is 2.26. The third-order valence-electron chi connectivity index (χ3n) is 5.86. The molecule has 1 saturated carbocycles. The third-order valence-corrected chi connectivity index (χ3v) is 7.06. The number of anilines is 1. The molecular formula is C19H28N4S. The van der Waals surface area contributed by atoms with Crippen molar-refractivity contribution in [2.45, 2.75) is 64.0 Å². The monoisotopic (exact) mass is 344 g/mol. The highest BCUT2D eigenvalue weighted by Crippen LogP contribution is 2.40. The summed E-state index contributed by atoms with van der Waals surface area (Å²) in [7, 11) is 4.40. The van der Waals surface area contributed by atoms with Gasteiger partial charge in [0.1, 0.15) is 17.0 Å². The molecule has 24 heavy (non-hydrogen) atoms. The Kier molecular flexibility index (Phi) is 4.48. The zero-order chi connectivity index (χ0) is 16.7. The van der Waals surface area contributed by atoms with Gasteiger partial charge in [0.25, 0.3) is 0 Å². The van der Waals surface area contributed by atoms with Crippen LogP contribution in [0.3, 0.4) is 0 Å². The second-order valence-electron chi connectivity index (χ2n) is 7.87. The van der Waals surface area contributed by atoms with Gasteiger partial charge in [-0.1, -0.05) is 6.92 Å². The predicted molar refractivity (Wildman–Crippen MR) is 102 cm³/mol. The molecule has 2 aliphatic rings. The van der Waals surface area contributed by atoms with Gasteiger partial charge in [-0.2, -0.15) is 0 Å². The van der Waals surface area contributed by atoms with E-state index in [1.54, 1.807) is 11.2 Å². The van der Waals surface area contributed by atoms with Crippen molar-refractivity contribution in [2.75, 3.05) is 19.4 Å². The van der Waals surface area contributed by atoms with Crippen LogP contribution < -0.4 is 5.32 Å². The molecule has 5 heteroatoms. The van der Waals surface area contributed by atoms with Crippen LogP contribution in [0.5, 0.6) is 0 Å². The average molecular weight is 345 g/mol. The summed E-state index contributed by atoms with van der Waals surface area (Å²) >= 11 is 1.88. The van der Waals surface area contributed by atoms with Crippen molar-refractivity contribution in [3.05, 3.63) is 16.8 Å². The number of nitrogens with zero attached hydrogens (tertiary/aromatic N) is 3. The molecule has 130 valence electrons. The van der Waals surface area contributed by atoms with Gasteiger partial charge in [0.05, 0.1) is 5.39 Å². The van der Waals surface area contributed by atoms with Crippen LogP contribution in [-0.4, -0.2) is 41.0 Å². The van der Waals surface area contributed by atoms with Crippen LogP contribution in [0, 0.1) is 5.92 Å². The number of aromatic nitrogens is 2. The minimum absolute atomic E-state index is 0.552. The Hall–Kier alpha value is -1.20. The summed E-state index contributed by atoms with van der Waals surface area (Å²) < 4.78 is 0. The Morgan fingerprint density at radius 2 is 1.92 bits per heavy atom. The minimum Gasteiger partial charge on any atom is -0.367 e. The first-order valence-corrected chi connectivity index (χ1v) is 10.1. The van der Waals surface area contributed by atoms with Gasteiger partial charge in [-0.3, -0.25) is 0 Å². The van der Waals surface area contributed by atoms with Gasteiger partial charge in [0, 0.05) is 17.0 Å². The van der Waals surface area contributed by atoms with E-state index in [4.69, 9.17) is 0 Å². The van der Waals surface area contributed by atoms with Crippen LogP contribution in [0.2, 0.25) is 0 Å². The van der Waals surface area contributed by atoms with E-state index in [2.05, 4.69) is 41.2 Å². The number of hydrogen-bond acceptors (Lipinski definition) is 5. The van der Waals surface area contributed by atoms with Gasteiger partial charge in [-0.15, -0.1) is 11.3 Å². The van der Waals surface area contributed by atoms with Gasteiger partial charge in [-0.25, -0.2) is 9.97 Å². The van der Waals surface area contributed by atoms with Gasteiger partial charge in [0.15, 0.2) is 0 Å². The van der Waals surface area contributed by atoms with Gasteiger partial charge in [0.2, 0.25) is 0 Å². The molecule has 2 aromatic rings. The van der Waals surface area contributed by atoms with Crippen molar-refractivity contribution in [3.63, 3.8) is 0 Å². The van der Waals surface area contributed by atoms with Crippen molar-refractivity contribution in [2.24, 2.45) is 5.92 Å². The molecule has 4 rings (SSSR count). The largest absolute Gasteiger partial charge is 0.367 e. The maximum Gasteiger partial charge on any atom is 0.138 e. The molecular weight excluding hydrogens is 316 g/mol. The first-order valence-electron chi connectivity index (χ1n) is 9.30. The zero-order valence-corrected chi connectivity index (χ0v) is 15.8. The molecule has 1 N–H and O–H groups in total. The van der Waals surface area contributed by atoms with E-state index in [0.29, 0.717) is 6.04 Å². The van der Waals surface area contributed by atoms with Crippen molar-refractivity contribution in [1.82, 2.24) is 14.9 Å². The van der Waals surface area contributed by atoms with Gasteiger partial charge < -0.3 is 10.2 Å². The normalized spacial score (nSPS) is 27.4. The summed E-state index contributed by atoms with van der Waals surface area (Å²) in [5.41, 5.74) is 1.53. The molecule has 0 spiro atoms. The van der Waals surface area contributed by atoms with E-state index in [0.717, 1.165) is 17.8 Å². The second-order valence-corrected chi connectivity index (χ2v) is 8.95. The van der Waals surface area contributed by atoms with Crippen LogP contribution >= 0.6 is 11.3 Å². The fourth-order valence-corrected chi connectivity index (χ4v) is 5.51. The van der Waals surface area contributed by atoms with Crippen molar-refractivity contribution < 1.29 is 0 Å². The van der Waals surface area contributed by atoms with E-state index >= 15 is 0 Å². The van der Waals surface area contributed by atoms with E-state index in [1.165, 1.54) is 60.7 Å². The molecule has 0 aliphatic heterocycles. The van der Waals surface area contributed by atoms with Gasteiger partial charge >= 0.3 is 0 Å². The molecule has 1 unspecified atom stereocenters. The molecule has 1 fully saturated rings. The van der Waals surface area contributed by atoms with Crippen LogP contribution in [0.1, 0.15) is 49.5 Å². The van der Waals surface area contributed by atoms with Crippen molar-refractivity contribution in [1.29, 1.82) is 0 Å². The summed E-state index contributed by atoms with van der Waals surface area (Å²) in [6.07, 6.45) is 10.5. The molecule has 0 bridgehead atoms. The Labute approximate surface area is 148 Å².